The van der Waals surface area contributed by atoms with Gasteiger partial charge in [0.1, 0.15) is 5.75 Å². The summed E-state index contributed by atoms with van der Waals surface area (Å²) in [4.78, 5) is 12.7. The molecule has 2 N–H and O–H groups in total. The molecule has 1 aliphatic heterocycles. The molecule has 3 aromatic rings. The number of aliphatic hydroxyl groups excluding tert-OH is 1. The topological polar surface area (TPSA) is 58.6 Å². The first-order valence-electron chi connectivity index (χ1n) is 9.64. The number of aliphatic hydroxyl groups is 1. The summed E-state index contributed by atoms with van der Waals surface area (Å²) in [5.74, 6) is 0.490. The van der Waals surface area contributed by atoms with E-state index in [0.717, 1.165) is 28.4 Å². The van der Waals surface area contributed by atoms with Gasteiger partial charge in [0.05, 0.1) is 0 Å². The van der Waals surface area contributed by atoms with Crippen LogP contribution in [0.5, 0.6) is 5.75 Å². The summed E-state index contributed by atoms with van der Waals surface area (Å²) < 4.78 is 5.55. The van der Waals surface area contributed by atoms with Gasteiger partial charge in [-0.3, -0.25) is 4.79 Å². The van der Waals surface area contributed by atoms with Crippen molar-refractivity contribution in [3.05, 3.63) is 77.4 Å². The fourth-order valence-corrected chi connectivity index (χ4v) is 3.41. The lowest BCUT2D eigenvalue weighted by Crippen LogP contribution is -2.16. The molecule has 4 nitrogen and oxygen atoms in total. The predicted octanol–water partition coefficient (Wildman–Crippen LogP) is 5.16. The zero-order valence-electron chi connectivity index (χ0n) is 15.8. The Kier molecular flexibility index (Phi) is 5.13. The second kappa shape index (κ2) is 7.87. The fraction of sp³-hybridized carbons (Fsp3) is 0.208. The van der Waals surface area contributed by atoms with Crippen LogP contribution < -0.4 is 10.1 Å². The molecule has 4 heteroatoms. The Morgan fingerprint density at radius 1 is 1.11 bits per heavy atom. The highest BCUT2D eigenvalue weighted by Crippen LogP contribution is 2.34. The molecule has 0 fully saturated rings. The number of hydrogen-bond acceptors (Lipinski definition) is 3. The zero-order valence-corrected chi connectivity index (χ0v) is 15.8. The van der Waals surface area contributed by atoms with Gasteiger partial charge in [-0.2, -0.15) is 0 Å². The van der Waals surface area contributed by atoms with Crippen molar-refractivity contribution in [1.29, 1.82) is 0 Å². The number of carbonyl (C=O) groups is 1. The number of rotatable bonds is 5. The van der Waals surface area contributed by atoms with Crippen molar-refractivity contribution in [2.75, 3.05) is 5.32 Å². The average Bonchev–Trinajstić information content (AvgIpc) is 2.72. The molecule has 1 heterocycles. The maximum absolute atomic E-state index is 12.7. The smallest absolute Gasteiger partial charge is 0.255 e. The minimum atomic E-state index is -0.943. The number of anilines is 1. The lowest BCUT2D eigenvalue weighted by molar-refractivity contribution is 0.0244. The number of fused-ring (bicyclic) bond motifs is 3. The van der Waals surface area contributed by atoms with Crippen molar-refractivity contribution in [3.8, 4) is 5.75 Å². The Morgan fingerprint density at radius 2 is 1.93 bits per heavy atom. The number of amides is 1. The molecule has 1 unspecified atom stereocenters. The standard InChI is InChI=1S/C24H23NO3/c1-2-3-4-16-5-11-20(12-6-16)25-24(27)19-9-13-21-18(15-19)8-7-17-10-14-22(26)28-23(17)21/h5-15,22,26H,2-4H2,1H3,(H,25,27). The third kappa shape index (κ3) is 3.78. The van der Waals surface area contributed by atoms with Crippen molar-refractivity contribution in [2.24, 2.45) is 0 Å². The second-order valence-corrected chi connectivity index (χ2v) is 7.04. The molecule has 0 aromatic heterocycles. The number of aryl methyl sites for hydroxylation is 1. The molecule has 0 saturated carbocycles. The van der Waals surface area contributed by atoms with Crippen LogP contribution >= 0.6 is 0 Å². The highest BCUT2D eigenvalue weighted by Gasteiger charge is 2.16. The van der Waals surface area contributed by atoms with E-state index in [2.05, 4.69) is 24.4 Å². The maximum atomic E-state index is 12.7. The number of ether oxygens (including phenoxy) is 1. The van der Waals surface area contributed by atoms with E-state index >= 15 is 0 Å². The monoisotopic (exact) mass is 373 g/mol. The third-order valence-electron chi connectivity index (χ3n) is 4.97. The van der Waals surface area contributed by atoms with Gasteiger partial charge in [0.2, 0.25) is 6.29 Å². The van der Waals surface area contributed by atoms with E-state index in [4.69, 9.17) is 4.74 Å². The van der Waals surface area contributed by atoms with Gasteiger partial charge >= 0.3 is 0 Å². The van der Waals surface area contributed by atoms with Crippen LogP contribution in [0.2, 0.25) is 0 Å². The Labute approximate surface area is 164 Å². The quantitative estimate of drug-likeness (QED) is 0.649. The number of nitrogens with one attached hydrogen (secondary N) is 1. The molecule has 4 rings (SSSR count). The molecular weight excluding hydrogens is 350 g/mol. The molecule has 3 aromatic carbocycles. The largest absolute Gasteiger partial charge is 0.460 e. The highest BCUT2D eigenvalue weighted by molar-refractivity contribution is 6.07. The number of carbonyl (C=O) groups excluding carboxylic acids is 1. The molecule has 0 spiro atoms. The van der Waals surface area contributed by atoms with Crippen molar-refractivity contribution in [1.82, 2.24) is 0 Å². The van der Waals surface area contributed by atoms with Crippen LogP contribution in [-0.4, -0.2) is 17.3 Å². The van der Waals surface area contributed by atoms with Gasteiger partial charge in [0, 0.05) is 22.2 Å². The molecule has 1 amide bonds. The summed E-state index contributed by atoms with van der Waals surface area (Å²) in [5.41, 5.74) is 3.56. The number of unbranched alkanes of at least 4 members (excludes halogenated alkanes) is 1. The Bertz CT molecular complexity index is 1040. The van der Waals surface area contributed by atoms with Crippen LogP contribution in [0.25, 0.3) is 16.8 Å². The second-order valence-electron chi connectivity index (χ2n) is 7.04. The predicted molar refractivity (Wildman–Crippen MR) is 113 cm³/mol. The van der Waals surface area contributed by atoms with E-state index in [0.29, 0.717) is 11.3 Å². The Morgan fingerprint density at radius 3 is 2.71 bits per heavy atom. The van der Waals surface area contributed by atoms with Gasteiger partial charge in [-0.15, -0.1) is 0 Å². The third-order valence-corrected chi connectivity index (χ3v) is 4.97. The molecule has 0 saturated heterocycles. The van der Waals surface area contributed by atoms with E-state index in [1.165, 1.54) is 18.4 Å². The zero-order chi connectivity index (χ0) is 19.5. The van der Waals surface area contributed by atoms with Gasteiger partial charge in [-0.25, -0.2) is 0 Å². The SMILES string of the molecule is CCCCc1ccc(NC(=O)c2ccc3c4c(ccc3c2)C=CC(O)O4)cc1. The summed E-state index contributed by atoms with van der Waals surface area (Å²) >= 11 is 0. The van der Waals surface area contributed by atoms with E-state index in [1.54, 1.807) is 12.1 Å². The summed E-state index contributed by atoms with van der Waals surface area (Å²) in [5, 5.41) is 14.4. The van der Waals surface area contributed by atoms with Crippen LogP contribution in [0.3, 0.4) is 0 Å². The van der Waals surface area contributed by atoms with Gasteiger partial charge in [-0.1, -0.05) is 37.6 Å². The van der Waals surface area contributed by atoms with Crippen molar-refractivity contribution in [2.45, 2.75) is 32.5 Å². The lowest BCUT2D eigenvalue weighted by Gasteiger charge is -2.19. The summed E-state index contributed by atoms with van der Waals surface area (Å²) in [6, 6.07) is 17.4. The molecule has 28 heavy (non-hydrogen) atoms. The van der Waals surface area contributed by atoms with Crippen molar-refractivity contribution >= 4 is 28.4 Å². The minimum Gasteiger partial charge on any atom is -0.460 e. The molecule has 0 radical (unpaired) electrons. The van der Waals surface area contributed by atoms with Gasteiger partial charge in [0.25, 0.3) is 5.91 Å². The Hall–Kier alpha value is -3.11. The molecule has 0 bridgehead atoms. The first-order valence-corrected chi connectivity index (χ1v) is 9.64. The maximum Gasteiger partial charge on any atom is 0.255 e. The molecule has 0 aliphatic carbocycles. The van der Waals surface area contributed by atoms with Crippen LogP contribution in [-0.2, 0) is 6.42 Å². The van der Waals surface area contributed by atoms with E-state index < -0.39 is 6.29 Å². The normalized spacial score (nSPS) is 15.1. The first kappa shape index (κ1) is 18.3. The van der Waals surface area contributed by atoms with Crippen LogP contribution in [0.1, 0.15) is 41.3 Å². The van der Waals surface area contributed by atoms with E-state index in [-0.39, 0.29) is 5.91 Å². The van der Waals surface area contributed by atoms with Gasteiger partial charge in [0.15, 0.2) is 0 Å². The van der Waals surface area contributed by atoms with Gasteiger partial charge < -0.3 is 15.2 Å². The highest BCUT2D eigenvalue weighted by atomic mass is 16.6. The van der Waals surface area contributed by atoms with Crippen molar-refractivity contribution < 1.29 is 14.6 Å². The minimum absolute atomic E-state index is 0.151. The molecule has 1 aliphatic rings. The fourth-order valence-electron chi connectivity index (χ4n) is 3.41. The van der Waals surface area contributed by atoms with Gasteiger partial charge in [-0.05, 0) is 66.3 Å². The summed E-state index contributed by atoms with van der Waals surface area (Å²) in [6.07, 6.45) is 5.90. The molecular formula is C24H23NO3. The number of hydrogen-bond donors (Lipinski definition) is 2. The van der Waals surface area contributed by atoms with Crippen LogP contribution in [0.4, 0.5) is 5.69 Å². The van der Waals surface area contributed by atoms with E-state index in [1.807, 2.05) is 42.5 Å². The summed E-state index contributed by atoms with van der Waals surface area (Å²) in [7, 11) is 0. The van der Waals surface area contributed by atoms with Crippen molar-refractivity contribution in [3.63, 3.8) is 0 Å². The van der Waals surface area contributed by atoms with Crippen LogP contribution in [0.15, 0.2) is 60.7 Å². The molecule has 1 atom stereocenters. The number of benzene rings is 3. The van der Waals surface area contributed by atoms with E-state index in [9.17, 15) is 9.90 Å². The van der Waals surface area contributed by atoms with Crippen LogP contribution in [0, 0.1) is 0 Å². The molecule has 142 valence electrons. The Balaban J connectivity index is 1.54. The lowest BCUT2D eigenvalue weighted by atomic mass is 10.0. The average molecular weight is 373 g/mol. The summed E-state index contributed by atoms with van der Waals surface area (Å²) in [6.45, 7) is 2.18. The first-order chi connectivity index (χ1) is 13.6.